The molecule has 0 unspecified atom stereocenters. The number of carbonyl (C=O) groups is 1. The summed E-state index contributed by atoms with van der Waals surface area (Å²) in [5.74, 6) is 0.706. The molecule has 1 amide bonds. The van der Waals surface area contributed by atoms with Gasteiger partial charge in [-0.3, -0.25) is 4.79 Å². The van der Waals surface area contributed by atoms with Crippen LogP contribution in [0.25, 0.3) is 0 Å². The van der Waals surface area contributed by atoms with Crippen LogP contribution in [0.4, 0.5) is 0 Å². The summed E-state index contributed by atoms with van der Waals surface area (Å²) in [5, 5.41) is 3.08. The van der Waals surface area contributed by atoms with Gasteiger partial charge in [-0.25, -0.2) is 8.42 Å². The number of nitrogens with one attached hydrogen (secondary N) is 1. The van der Waals surface area contributed by atoms with Gasteiger partial charge in [0.1, 0.15) is 5.75 Å². The lowest BCUT2D eigenvalue weighted by Gasteiger charge is -2.22. The first kappa shape index (κ1) is 17.8. The SMILES string of the molecule is CS(=O)(=O)c1ccc(OCCCC(=O)NC2CCCCC2)cc1. The third-order valence-electron chi connectivity index (χ3n) is 4.04. The predicted octanol–water partition coefficient (Wildman–Crippen LogP) is 2.70. The van der Waals surface area contributed by atoms with Gasteiger partial charge in [0.15, 0.2) is 9.84 Å². The monoisotopic (exact) mass is 339 g/mol. The maximum atomic E-state index is 11.8. The van der Waals surface area contributed by atoms with Crippen molar-refractivity contribution in [3.63, 3.8) is 0 Å². The Balaban J connectivity index is 1.65. The molecule has 1 aromatic rings. The summed E-state index contributed by atoms with van der Waals surface area (Å²) < 4.78 is 28.3. The van der Waals surface area contributed by atoms with Crippen molar-refractivity contribution < 1.29 is 17.9 Å². The normalized spacial score (nSPS) is 16.0. The van der Waals surface area contributed by atoms with Gasteiger partial charge in [-0.2, -0.15) is 0 Å². The van der Waals surface area contributed by atoms with Gasteiger partial charge in [0.2, 0.25) is 5.91 Å². The number of sulfone groups is 1. The van der Waals surface area contributed by atoms with Gasteiger partial charge < -0.3 is 10.1 Å². The van der Waals surface area contributed by atoms with Gasteiger partial charge in [0.05, 0.1) is 11.5 Å². The standard InChI is InChI=1S/C17H25NO4S/c1-23(20,21)16-11-9-15(10-12-16)22-13-5-8-17(19)18-14-6-3-2-4-7-14/h9-12,14H,2-8,13H2,1H3,(H,18,19). The molecule has 0 spiro atoms. The second-order valence-electron chi connectivity index (χ2n) is 6.10. The molecule has 1 N–H and O–H groups in total. The van der Waals surface area contributed by atoms with Gasteiger partial charge in [0, 0.05) is 18.7 Å². The summed E-state index contributed by atoms with van der Waals surface area (Å²) in [6, 6.07) is 6.68. The molecule has 1 saturated carbocycles. The quantitative estimate of drug-likeness (QED) is 0.775. The number of amides is 1. The molecule has 1 aliphatic carbocycles. The van der Waals surface area contributed by atoms with Gasteiger partial charge in [0.25, 0.3) is 0 Å². The van der Waals surface area contributed by atoms with Crippen molar-refractivity contribution in [2.24, 2.45) is 0 Å². The van der Waals surface area contributed by atoms with E-state index in [1.807, 2.05) is 0 Å². The zero-order valence-electron chi connectivity index (χ0n) is 13.6. The van der Waals surface area contributed by atoms with Crippen LogP contribution in [-0.2, 0) is 14.6 Å². The highest BCUT2D eigenvalue weighted by Gasteiger charge is 2.15. The highest BCUT2D eigenvalue weighted by Crippen LogP contribution is 2.18. The van der Waals surface area contributed by atoms with Crippen LogP contribution in [0.1, 0.15) is 44.9 Å². The second-order valence-corrected chi connectivity index (χ2v) is 8.11. The zero-order chi connectivity index (χ0) is 16.7. The van der Waals surface area contributed by atoms with Crippen molar-refractivity contribution in [3.8, 4) is 5.75 Å². The van der Waals surface area contributed by atoms with E-state index < -0.39 is 9.84 Å². The second kappa shape index (κ2) is 8.34. The minimum atomic E-state index is -3.18. The van der Waals surface area contributed by atoms with E-state index in [0.29, 0.717) is 31.2 Å². The molecule has 128 valence electrons. The van der Waals surface area contributed by atoms with E-state index in [4.69, 9.17) is 4.74 Å². The average molecular weight is 339 g/mol. The molecule has 2 rings (SSSR count). The Morgan fingerprint density at radius 2 is 1.83 bits per heavy atom. The van der Waals surface area contributed by atoms with E-state index in [1.165, 1.54) is 37.7 Å². The Labute approximate surface area is 138 Å². The maximum Gasteiger partial charge on any atom is 0.220 e. The number of rotatable bonds is 7. The Bertz CT molecular complexity index is 604. The summed E-state index contributed by atoms with van der Waals surface area (Å²) in [4.78, 5) is 12.1. The molecular weight excluding hydrogens is 314 g/mol. The number of hydrogen-bond donors (Lipinski definition) is 1. The minimum absolute atomic E-state index is 0.0907. The van der Waals surface area contributed by atoms with E-state index in [-0.39, 0.29) is 10.8 Å². The molecular formula is C17H25NO4S. The van der Waals surface area contributed by atoms with E-state index in [1.54, 1.807) is 12.1 Å². The topological polar surface area (TPSA) is 72.5 Å². The molecule has 0 bridgehead atoms. The van der Waals surface area contributed by atoms with Crippen LogP contribution in [-0.4, -0.2) is 33.2 Å². The van der Waals surface area contributed by atoms with Crippen LogP contribution < -0.4 is 10.1 Å². The Morgan fingerprint density at radius 1 is 1.17 bits per heavy atom. The van der Waals surface area contributed by atoms with Crippen LogP contribution in [0.2, 0.25) is 0 Å². The fourth-order valence-corrected chi connectivity index (χ4v) is 3.38. The number of benzene rings is 1. The Kier molecular flexibility index (Phi) is 6.45. The lowest BCUT2D eigenvalue weighted by molar-refractivity contribution is -0.122. The van der Waals surface area contributed by atoms with Gasteiger partial charge >= 0.3 is 0 Å². The van der Waals surface area contributed by atoms with Crippen LogP contribution in [0, 0.1) is 0 Å². The smallest absolute Gasteiger partial charge is 0.220 e. The first-order valence-electron chi connectivity index (χ1n) is 8.17. The van der Waals surface area contributed by atoms with Gasteiger partial charge in [-0.1, -0.05) is 19.3 Å². The van der Waals surface area contributed by atoms with E-state index >= 15 is 0 Å². The third-order valence-corrected chi connectivity index (χ3v) is 5.17. The van der Waals surface area contributed by atoms with Gasteiger partial charge in [-0.15, -0.1) is 0 Å². The maximum absolute atomic E-state index is 11.8. The van der Waals surface area contributed by atoms with Crippen LogP contribution in [0.15, 0.2) is 29.2 Å². The fraction of sp³-hybridized carbons (Fsp3) is 0.588. The summed E-state index contributed by atoms with van der Waals surface area (Å²) >= 11 is 0. The zero-order valence-corrected chi connectivity index (χ0v) is 14.4. The third kappa shape index (κ3) is 6.22. The number of carbonyl (C=O) groups excluding carboxylic acids is 1. The van der Waals surface area contributed by atoms with Crippen molar-refractivity contribution in [1.82, 2.24) is 5.32 Å². The van der Waals surface area contributed by atoms with Crippen molar-refractivity contribution in [3.05, 3.63) is 24.3 Å². The number of ether oxygens (including phenoxy) is 1. The van der Waals surface area contributed by atoms with Crippen LogP contribution >= 0.6 is 0 Å². The Morgan fingerprint density at radius 3 is 2.43 bits per heavy atom. The molecule has 1 aliphatic rings. The lowest BCUT2D eigenvalue weighted by Crippen LogP contribution is -2.36. The Hall–Kier alpha value is -1.56. The highest BCUT2D eigenvalue weighted by atomic mass is 32.2. The summed E-state index contributed by atoms with van der Waals surface area (Å²) in [6.07, 6.45) is 8.15. The first-order chi connectivity index (χ1) is 10.9. The molecule has 0 saturated heterocycles. The van der Waals surface area contributed by atoms with E-state index in [0.717, 1.165) is 12.8 Å². The van der Waals surface area contributed by atoms with Gasteiger partial charge in [-0.05, 0) is 43.5 Å². The summed E-state index contributed by atoms with van der Waals surface area (Å²) in [7, 11) is -3.18. The predicted molar refractivity (Wildman–Crippen MR) is 89.3 cm³/mol. The van der Waals surface area contributed by atoms with E-state index in [9.17, 15) is 13.2 Å². The summed E-state index contributed by atoms with van der Waals surface area (Å²) in [6.45, 7) is 0.441. The molecule has 1 aromatic carbocycles. The molecule has 23 heavy (non-hydrogen) atoms. The number of hydrogen-bond acceptors (Lipinski definition) is 4. The molecule has 6 heteroatoms. The molecule has 0 aromatic heterocycles. The lowest BCUT2D eigenvalue weighted by atomic mass is 9.95. The fourth-order valence-electron chi connectivity index (χ4n) is 2.75. The first-order valence-corrected chi connectivity index (χ1v) is 10.1. The molecule has 5 nitrogen and oxygen atoms in total. The van der Waals surface area contributed by atoms with E-state index in [2.05, 4.69) is 5.32 Å². The summed E-state index contributed by atoms with van der Waals surface area (Å²) in [5.41, 5.74) is 0. The van der Waals surface area contributed by atoms with Crippen molar-refractivity contribution in [2.45, 2.75) is 55.9 Å². The molecule has 0 heterocycles. The molecule has 0 aliphatic heterocycles. The molecule has 1 fully saturated rings. The molecule has 0 atom stereocenters. The minimum Gasteiger partial charge on any atom is -0.494 e. The van der Waals surface area contributed by atoms with Crippen molar-refractivity contribution in [1.29, 1.82) is 0 Å². The largest absolute Gasteiger partial charge is 0.494 e. The van der Waals surface area contributed by atoms with Crippen LogP contribution in [0.3, 0.4) is 0 Å². The average Bonchev–Trinajstić information content (AvgIpc) is 2.52. The molecule has 0 radical (unpaired) electrons. The van der Waals surface area contributed by atoms with Crippen molar-refractivity contribution in [2.75, 3.05) is 12.9 Å². The van der Waals surface area contributed by atoms with Crippen molar-refractivity contribution >= 4 is 15.7 Å². The van der Waals surface area contributed by atoms with Crippen LogP contribution in [0.5, 0.6) is 5.75 Å². The highest BCUT2D eigenvalue weighted by molar-refractivity contribution is 7.90.